The number of nitrogens with zero attached hydrogens (tertiary/aromatic N) is 1. The van der Waals surface area contributed by atoms with Crippen LogP contribution in [0.15, 0.2) is 28.7 Å². The fourth-order valence-corrected chi connectivity index (χ4v) is 3.07. The fraction of sp³-hybridized carbons (Fsp3) is 0.526. The Morgan fingerprint density at radius 1 is 1.17 bits per heavy atom. The van der Waals surface area contributed by atoms with E-state index in [0.29, 0.717) is 18.9 Å². The Bertz CT molecular complexity index is 669. The minimum absolute atomic E-state index is 0.0799. The molecule has 5 heteroatoms. The Labute approximate surface area is 146 Å². The number of aryl methyl sites for hydroxylation is 1. The second-order valence-corrected chi connectivity index (χ2v) is 12.6. The molecule has 0 amide bonds. The van der Waals surface area contributed by atoms with E-state index in [1.807, 2.05) is 19.1 Å². The predicted octanol–water partition coefficient (Wildman–Crippen LogP) is 4.71. The van der Waals surface area contributed by atoms with Gasteiger partial charge >= 0.3 is 0 Å². The van der Waals surface area contributed by atoms with Gasteiger partial charge in [-0.1, -0.05) is 32.9 Å². The molecule has 132 valence electrons. The average molecular weight is 348 g/mol. The van der Waals surface area contributed by atoms with E-state index in [1.165, 1.54) is 0 Å². The van der Waals surface area contributed by atoms with Gasteiger partial charge in [-0.15, -0.1) is 0 Å². The van der Waals surface area contributed by atoms with Gasteiger partial charge in [-0.05, 0) is 42.8 Å². The molecule has 0 fully saturated rings. The highest BCUT2D eigenvalue weighted by molar-refractivity contribution is 6.74. The van der Waals surface area contributed by atoms with Crippen LogP contribution in [0.3, 0.4) is 0 Å². The van der Waals surface area contributed by atoms with Gasteiger partial charge in [0.05, 0.1) is 12.3 Å². The number of oxazole rings is 1. The van der Waals surface area contributed by atoms with Crippen molar-refractivity contribution in [2.24, 2.45) is 0 Å². The van der Waals surface area contributed by atoms with Crippen LogP contribution in [-0.2, 0) is 17.5 Å². The van der Waals surface area contributed by atoms with Gasteiger partial charge in [0.1, 0.15) is 5.76 Å². The van der Waals surface area contributed by atoms with Crippen molar-refractivity contribution in [2.45, 2.75) is 58.9 Å². The molecule has 1 aromatic heterocycles. The SMILES string of the molecule is Cc1oc(-c2ccc(CO[Si](C)(C)C(C)(C)C)cc2)nc1CCO. The number of rotatable bonds is 6. The smallest absolute Gasteiger partial charge is 0.226 e. The second kappa shape index (κ2) is 7.21. The van der Waals surface area contributed by atoms with E-state index in [-0.39, 0.29) is 11.6 Å². The Hall–Kier alpha value is -1.43. The molecule has 1 N–H and O–H groups in total. The van der Waals surface area contributed by atoms with Crippen LogP contribution < -0.4 is 0 Å². The standard InChI is InChI=1S/C19H29NO3Si/c1-14-17(11-12-21)20-18(23-14)16-9-7-15(8-10-16)13-22-24(5,6)19(2,3)4/h7-10,21H,11-13H2,1-6H3. The molecule has 4 nitrogen and oxygen atoms in total. The second-order valence-electron chi connectivity index (χ2n) is 7.74. The van der Waals surface area contributed by atoms with Crippen LogP contribution in [-0.4, -0.2) is 25.0 Å². The van der Waals surface area contributed by atoms with Gasteiger partial charge in [0.25, 0.3) is 0 Å². The summed E-state index contributed by atoms with van der Waals surface area (Å²) < 4.78 is 12.0. The van der Waals surface area contributed by atoms with Crippen LogP contribution in [0.25, 0.3) is 11.5 Å². The lowest BCUT2D eigenvalue weighted by Gasteiger charge is -2.36. The first kappa shape index (κ1) is 18.9. The van der Waals surface area contributed by atoms with Crippen molar-refractivity contribution in [1.82, 2.24) is 4.98 Å². The molecule has 24 heavy (non-hydrogen) atoms. The van der Waals surface area contributed by atoms with E-state index in [0.717, 1.165) is 22.6 Å². The zero-order chi connectivity index (χ0) is 18.0. The Kier molecular flexibility index (Phi) is 5.68. The third kappa shape index (κ3) is 4.35. The van der Waals surface area contributed by atoms with Crippen LogP contribution in [0.4, 0.5) is 0 Å². The first-order valence-corrected chi connectivity index (χ1v) is 11.4. The fourth-order valence-electron chi connectivity index (χ4n) is 2.11. The molecule has 1 heterocycles. The molecule has 0 saturated carbocycles. The molecule has 0 radical (unpaired) electrons. The number of benzene rings is 1. The lowest BCUT2D eigenvalue weighted by Crippen LogP contribution is -2.40. The van der Waals surface area contributed by atoms with Gasteiger partial charge in [-0.3, -0.25) is 0 Å². The first-order chi connectivity index (χ1) is 11.1. The third-order valence-corrected chi connectivity index (χ3v) is 9.33. The zero-order valence-electron chi connectivity index (χ0n) is 15.6. The maximum Gasteiger partial charge on any atom is 0.226 e. The zero-order valence-corrected chi connectivity index (χ0v) is 16.6. The van der Waals surface area contributed by atoms with E-state index < -0.39 is 8.32 Å². The molecular weight excluding hydrogens is 318 g/mol. The van der Waals surface area contributed by atoms with Crippen molar-refractivity contribution in [1.29, 1.82) is 0 Å². The van der Waals surface area contributed by atoms with Crippen molar-refractivity contribution in [2.75, 3.05) is 6.61 Å². The summed E-state index contributed by atoms with van der Waals surface area (Å²) in [5, 5.41) is 9.26. The molecule has 1 aromatic carbocycles. The molecule has 0 aliphatic rings. The lowest BCUT2D eigenvalue weighted by atomic mass is 10.1. The highest BCUT2D eigenvalue weighted by atomic mass is 28.4. The summed E-state index contributed by atoms with van der Waals surface area (Å²) in [6, 6.07) is 8.15. The van der Waals surface area contributed by atoms with E-state index in [1.54, 1.807) is 0 Å². The Morgan fingerprint density at radius 2 is 1.79 bits per heavy atom. The number of hydrogen-bond donors (Lipinski definition) is 1. The minimum atomic E-state index is -1.73. The molecule has 0 spiro atoms. The average Bonchev–Trinajstić information content (AvgIpc) is 2.86. The molecule has 0 unspecified atom stereocenters. The molecule has 2 aromatic rings. The van der Waals surface area contributed by atoms with Crippen molar-refractivity contribution < 1.29 is 13.9 Å². The summed E-state index contributed by atoms with van der Waals surface area (Å²) in [4.78, 5) is 4.47. The Balaban J connectivity index is 2.07. The number of aliphatic hydroxyl groups is 1. The summed E-state index contributed by atoms with van der Waals surface area (Å²) in [5.74, 6) is 1.37. The maximum absolute atomic E-state index is 9.05. The molecule has 0 atom stereocenters. The van der Waals surface area contributed by atoms with E-state index >= 15 is 0 Å². The van der Waals surface area contributed by atoms with Crippen molar-refractivity contribution in [3.8, 4) is 11.5 Å². The topological polar surface area (TPSA) is 55.5 Å². The van der Waals surface area contributed by atoms with Crippen molar-refractivity contribution in [3.05, 3.63) is 41.3 Å². The highest BCUT2D eigenvalue weighted by Crippen LogP contribution is 2.37. The third-order valence-electron chi connectivity index (χ3n) is 4.85. The maximum atomic E-state index is 9.05. The quantitative estimate of drug-likeness (QED) is 0.769. The van der Waals surface area contributed by atoms with Crippen molar-refractivity contribution >= 4 is 8.32 Å². The molecule has 0 saturated heterocycles. The van der Waals surface area contributed by atoms with Crippen LogP contribution in [0.5, 0.6) is 0 Å². The summed E-state index contributed by atoms with van der Waals surface area (Å²) in [7, 11) is -1.73. The van der Waals surface area contributed by atoms with E-state index in [2.05, 4.69) is 51.0 Å². The number of hydrogen-bond acceptors (Lipinski definition) is 4. The Morgan fingerprint density at radius 3 is 2.33 bits per heavy atom. The minimum Gasteiger partial charge on any atom is -0.441 e. The molecule has 0 bridgehead atoms. The summed E-state index contributed by atoms with van der Waals surface area (Å²) in [6.45, 7) is 13.9. The van der Waals surface area contributed by atoms with E-state index in [4.69, 9.17) is 13.9 Å². The normalized spacial score (nSPS) is 12.6. The van der Waals surface area contributed by atoms with Crippen LogP contribution >= 0.6 is 0 Å². The number of aliphatic hydroxyl groups excluding tert-OH is 1. The van der Waals surface area contributed by atoms with Crippen LogP contribution in [0, 0.1) is 6.92 Å². The summed E-state index contributed by atoms with van der Waals surface area (Å²) in [6.07, 6.45) is 0.522. The van der Waals surface area contributed by atoms with Gasteiger partial charge in [-0.25, -0.2) is 4.98 Å². The largest absolute Gasteiger partial charge is 0.441 e. The lowest BCUT2D eigenvalue weighted by molar-refractivity contribution is 0.276. The van der Waals surface area contributed by atoms with Crippen molar-refractivity contribution in [3.63, 3.8) is 0 Å². The van der Waals surface area contributed by atoms with Gasteiger partial charge in [-0.2, -0.15) is 0 Å². The first-order valence-electron chi connectivity index (χ1n) is 8.44. The van der Waals surface area contributed by atoms with Gasteiger partial charge < -0.3 is 13.9 Å². The summed E-state index contributed by atoms with van der Waals surface area (Å²) in [5.41, 5.74) is 2.92. The molecular formula is C19H29NO3Si. The van der Waals surface area contributed by atoms with Crippen LogP contribution in [0.2, 0.25) is 18.1 Å². The van der Waals surface area contributed by atoms with Gasteiger partial charge in [0.15, 0.2) is 8.32 Å². The number of aromatic nitrogens is 1. The van der Waals surface area contributed by atoms with Gasteiger partial charge in [0, 0.05) is 18.6 Å². The molecule has 2 rings (SSSR count). The summed E-state index contributed by atoms with van der Waals surface area (Å²) >= 11 is 0. The molecule has 0 aliphatic carbocycles. The van der Waals surface area contributed by atoms with E-state index in [9.17, 15) is 0 Å². The molecule has 0 aliphatic heterocycles. The monoisotopic (exact) mass is 347 g/mol. The van der Waals surface area contributed by atoms with Crippen LogP contribution in [0.1, 0.15) is 37.8 Å². The highest BCUT2D eigenvalue weighted by Gasteiger charge is 2.36. The van der Waals surface area contributed by atoms with Gasteiger partial charge in [0.2, 0.25) is 5.89 Å². The predicted molar refractivity (Wildman–Crippen MR) is 99.5 cm³/mol.